The van der Waals surface area contributed by atoms with Gasteiger partial charge in [-0.3, -0.25) is 0 Å². The van der Waals surface area contributed by atoms with E-state index in [4.69, 9.17) is 27.9 Å². The van der Waals surface area contributed by atoms with Crippen LogP contribution in [0.3, 0.4) is 0 Å². The Balaban J connectivity index is 1.88. The van der Waals surface area contributed by atoms with Crippen LogP contribution in [0.4, 0.5) is 4.39 Å². The van der Waals surface area contributed by atoms with Crippen molar-refractivity contribution in [1.29, 1.82) is 0 Å². The number of rotatable bonds is 4. The summed E-state index contributed by atoms with van der Waals surface area (Å²) in [6.45, 7) is 1.69. The van der Waals surface area contributed by atoms with Crippen molar-refractivity contribution in [3.05, 3.63) is 63.9 Å². The zero-order valence-corrected chi connectivity index (χ0v) is 12.7. The third-order valence-electron chi connectivity index (χ3n) is 3.57. The second-order valence-corrected chi connectivity index (χ2v) is 5.93. The van der Waals surface area contributed by atoms with Crippen molar-refractivity contribution < 1.29 is 9.13 Å². The summed E-state index contributed by atoms with van der Waals surface area (Å²) in [6.07, 6.45) is -0.225. The van der Waals surface area contributed by atoms with Gasteiger partial charge >= 0.3 is 0 Å². The highest BCUT2D eigenvalue weighted by Gasteiger charge is 2.30. The summed E-state index contributed by atoms with van der Waals surface area (Å²) in [4.78, 5) is 0. The van der Waals surface area contributed by atoms with Gasteiger partial charge in [0.15, 0.2) is 0 Å². The van der Waals surface area contributed by atoms with E-state index in [2.05, 4.69) is 5.32 Å². The van der Waals surface area contributed by atoms with Crippen molar-refractivity contribution in [1.82, 2.24) is 5.32 Å². The van der Waals surface area contributed by atoms with Crippen molar-refractivity contribution in [3.8, 4) is 5.75 Å². The van der Waals surface area contributed by atoms with Gasteiger partial charge in [-0.05, 0) is 35.9 Å². The molecule has 2 aromatic rings. The van der Waals surface area contributed by atoms with Crippen LogP contribution in [0.25, 0.3) is 0 Å². The molecule has 0 amide bonds. The van der Waals surface area contributed by atoms with Crippen LogP contribution >= 0.6 is 23.2 Å². The van der Waals surface area contributed by atoms with Crippen LogP contribution in [0.15, 0.2) is 42.5 Å². The lowest BCUT2D eigenvalue weighted by atomic mass is 9.90. The van der Waals surface area contributed by atoms with Crippen molar-refractivity contribution in [2.45, 2.75) is 6.10 Å². The molecule has 1 atom stereocenters. The summed E-state index contributed by atoms with van der Waals surface area (Å²) in [6, 6.07) is 12.0. The van der Waals surface area contributed by atoms with Crippen LogP contribution in [0.2, 0.25) is 10.0 Å². The Morgan fingerprint density at radius 3 is 2.57 bits per heavy atom. The maximum absolute atomic E-state index is 13.7. The number of benzene rings is 2. The monoisotopic (exact) mass is 325 g/mol. The molecule has 2 nitrogen and oxygen atoms in total. The SMILES string of the molecule is Fc1cc([C@@H](Oc2cccc(Cl)c2)C2CNC2)ccc1Cl. The summed E-state index contributed by atoms with van der Waals surface area (Å²) in [5.41, 5.74) is 0.781. The first-order valence-corrected chi connectivity index (χ1v) is 7.47. The molecule has 1 N–H and O–H groups in total. The molecule has 0 unspecified atom stereocenters. The van der Waals surface area contributed by atoms with E-state index >= 15 is 0 Å². The molecular weight excluding hydrogens is 312 g/mol. The Kier molecular flexibility index (Phi) is 4.34. The van der Waals surface area contributed by atoms with Crippen LogP contribution in [0.1, 0.15) is 11.7 Å². The Bertz CT molecular complexity index is 646. The molecule has 1 aliphatic heterocycles. The van der Waals surface area contributed by atoms with Gasteiger partial charge in [0.1, 0.15) is 17.7 Å². The highest BCUT2D eigenvalue weighted by molar-refractivity contribution is 6.31. The van der Waals surface area contributed by atoms with E-state index < -0.39 is 5.82 Å². The second-order valence-electron chi connectivity index (χ2n) is 5.09. The molecule has 3 rings (SSSR count). The molecule has 1 saturated heterocycles. The topological polar surface area (TPSA) is 21.3 Å². The number of nitrogens with one attached hydrogen (secondary N) is 1. The molecular formula is C16H14Cl2FNO. The van der Waals surface area contributed by atoms with E-state index in [9.17, 15) is 4.39 Å². The fourth-order valence-electron chi connectivity index (χ4n) is 2.34. The smallest absolute Gasteiger partial charge is 0.142 e. The van der Waals surface area contributed by atoms with E-state index in [-0.39, 0.29) is 11.1 Å². The summed E-state index contributed by atoms with van der Waals surface area (Å²) in [5, 5.41) is 3.94. The van der Waals surface area contributed by atoms with Gasteiger partial charge in [0, 0.05) is 24.0 Å². The van der Waals surface area contributed by atoms with Crippen LogP contribution in [0.5, 0.6) is 5.75 Å². The summed E-state index contributed by atoms with van der Waals surface area (Å²) in [5.74, 6) is 0.542. The second kappa shape index (κ2) is 6.22. The molecule has 0 aromatic heterocycles. The predicted molar refractivity (Wildman–Crippen MR) is 82.6 cm³/mol. The third-order valence-corrected chi connectivity index (χ3v) is 4.11. The van der Waals surface area contributed by atoms with Gasteiger partial charge in [0.25, 0.3) is 0 Å². The Hall–Kier alpha value is -1.29. The van der Waals surface area contributed by atoms with Gasteiger partial charge in [-0.15, -0.1) is 0 Å². The van der Waals surface area contributed by atoms with Crippen LogP contribution in [0, 0.1) is 11.7 Å². The Morgan fingerprint density at radius 2 is 1.95 bits per heavy atom. The van der Waals surface area contributed by atoms with Crippen molar-refractivity contribution >= 4 is 23.2 Å². The van der Waals surface area contributed by atoms with Crippen molar-refractivity contribution in [2.75, 3.05) is 13.1 Å². The lowest BCUT2D eigenvalue weighted by Crippen LogP contribution is -2.46. The molecule has 1 aliphatic rings. The maximum Gasteiger partial charge on any atom is 0.142 e. The van der Waals surface area contributed by atoms with Crippen LogP contribution < -0.4 is 10.1 Å². The fraction of sp³-hybridized carbons (Fsp3) is 0.250. The minimum absolute atomic E-state index is 0.118. The zero-order chi connectivity index (χ0) is 14.8. The molecule has 0 spiro atoms. The minimum Gasteiger partial charge on any atom is -0.485 e. The quantitative estimate of drug-likeness (QED) is 0.895. The molecule has 21 heavy (non-hydrogen) atoms. The summed E-state index contributed by atoms with van der Waals surface area (Å²) in [7, 11) is 0. The van der Waals surface area contributed by atoms with Gasteiger partial charge < -0.3 is 10.1 Å². The molecule has 0 aliphatic carbocycles. The van der Waals surface area contributed by atoms with E-state index in [1.54, 1.807) is 24.3 Å². The molecule has 2 aromatic carbocycles. The van der Waals surface area contributed by atoms with Gasteiger partial charge in [-0.1, -0.05) is 35.3 Å². The lowest BCUT2D eigenvalue weighted by molar-refractivity contribution is 0.0990. The highest BCUT2D eigenvalue weighted by atomic mass is 35.5. The largest absolute Gasteiger partial charge is 0.485 e. The molecule has 0 radical (unpaired) electrons. The Labute approximate surface area is 132 Å². The zero-order valence-electron chi connectivity index (χ0n) is 11.2. The molecule has 1 heterocycles. The van der Waals surface area contributed by atoms with Crippen LogP contribution in [-0.4, -0.2) is 13.1 Å². The molecule has 1 fully saturated rings. The standard InChI is InChI=1S/C16H14Cl2FNO/c17-12-2-1-3-13(7-12)21-16(11-8-20-9-11)10-4-5-14(18)15(19)6-10/h1-7,11,16,20H,8-9H2/t16-/m1/s1. The lowest BCUT2D eigenvalue weighted by Gasteiger charge is -2.35. The predicted octanol–water partition coefficient (Wildman–Crippen LogP) is 4.47. The number of ether oxygens (including phenoxy) is 1. The first-order chi connectivity index (χ1) is 10.1. The summed E-state index contributed by atoms with van der Waals surface area (Å²) >= 11 is 11.7. The van der Waals surface area contributed by atoms with Crippen molar-refractivity contribution in [3.63, 3.8) is 0 Å². The minimum atomic E-state index is -0.429. The van der Waals surface area contributed by atoms with E-state index in [1.165, 1.54) is 6.07 Å². The normalized spacial score (nSPS) is 16.3. The van der Waals surface area contributed by atoms with Crippen LogP contribution in [-0.2, 0) is 0 Å². The highest BCUT2D eigenvalue weighted by Crippen LogP contribution is 2.33. The summed E-state index contributed by atoms with van der Waals surface area (Å²) < 4.78 is 19.7. The van der Waals surface area contributed by atoms with Gasteiger partial charge in [0.05, 0.1) is 5.02 Å². The first-order valence-electron chi connectivity index (χ1n) is 6.71. The Morgan fingerprint density at radius 1 is 1.14 bits per heavy atom. The number of halogens is 3. The third kappa shape index (κ3) is 3.31. The van der Waals surface area contributed by atoms with Gasteiger partial charge in [-0.25, -0.2) is 4.39 Å². The van der Waals surface area contributed by atoms with E-state index in [1.807, 2.05) is 12.1 Å². The fourth-order valence-corrected chi connectivity index (χ4v) is 2.64. The van der Waals surface area contributed by atoms with Gasteiger partial charge in [0.2, 0.25) is 0 Å². The maximum atomic E-state index is 13.7. The number of hydrogen-bond donors (Lipinski definition) is 1. The molecule has 0 bridgehead atoms. The average Bonchev–Trinajstić information content (AvgIpc) is 2.39. The van der Waals surface area contributed by atoms with E-state index in [0.29, 0.717) is 16.7 Å². The molecule has 5 heteroatoms. The van der Waals surface area contributed by atoms with Gasteiger partial charge in [-0.2, -0.15) is 0 Å². The first kappa shape index (κ1) is 14.6. The average molecular weight is 326 g/mol. The number of hydrogen-bond acceptors (Lipinski definition) is 2. The molecule has 0 saturated carbocycles. The molecule has 110 valence electrons. The van der Waals surface area contributed by atoms with Crippen molar-refractivity contribution in [2.24, 2.45) is 5.92 Å². The van der Waals surface area contributed by atoms with E-state index in [0.717, 1.165) is 18.7 Å².